The van der Waals surface area contributed by atoms with Crippen molar-refractivity contribution in [1.29, 1.82) is 0 Å². The van der Waals surface area contributed by atoms with Gasteiger partial charge in [-0.15, -0.1) is 0 Å². The zero-order valence-corrected chi connectivity index (χ0v) is 19.5. The molecule has 0 saturated carbocycles. The summed E-state index contributed by atoms with van der Waals surface area (Å²) in [7, 11) is -4.32. The summed E-state index contributed by atoms with van der Waals surface area (Å²) in [6.07, 6.45) is -4.47. The molecule has 0 saturated heterocycles. The molecule has 4 rings (SSSR count). The van der Waals surface area contributed by atoms with Crippen molar-refractivity contribution in [2.45, 2.75) is 30.0 Å². The Morgan fingerprint density at radius 1 is 0.971 bits per heavy atom. The van der Waals surface area contributed by atoms with Gasteiger partial charge < -0.3 is 4.74 Å². The maximum absolute atomic E-state index is 13.9. The smallest absolute Gasteiger partial charge is 0.425 e. The van der Waals surface area contributed by atoms with Gasteiger partial charge in [0.05, 0.1) is 16.1 Å². The summed E-state index contributed by atoms with van der Waals surface area (Å²) < 4.78 is 75.0. The topological polar surface area (TPSA) is 94.1 Å². The fourth-order valence-corrected chi connectivity index (χ4v) is 4.77. The van der Waals surface area contributed by atoms with E-state index in [0.29, 0.717) is 5.56 Å². The van der Waals surface area contributed by atoms with Gasteiger partial charge >= 0.3 is 6.18 Å². The minimum atomic E-state index is -4.76. The van der Waals surface area contributed by atoms with Crippen LogP contribution in [0, 0.1) is 0 Å². The van der Waals surface area contributed by atoms with Crippen LogP contribution in [0.25, 0.3) is 11.0 Å². The molecule has 0 spiro atoms. The molecular weight excluding hydrogens is 505 g/mol. The molecule has 182 valence electrons. The third-order valence-electron chi connectivity index (χ3n) is 4.93. The van der Waals surface area contributed by atoms with Crippen molar-refractivity contribution in [2.75, 3.05) is 4.72 Å². The van der Waals surface area contributed by atoms with Crippen molar-refractivity contribution in [3.63, 3.8) is 0 Å². The highest BCUT2D eigenvalue weighted by atomic mass is 35.5. The number of rotatable bonds is 8. The minimum Gasteiger partial charge on any atom is -0.462 e. The molecule has 0 aliphatic carbocycles. The number of anilines is 1. The van der Waals surface area contributed by atoms with Crippen LogP contribution in [0.4, 0.5) is 19.0 Å². The quantitative estimate of drug-likeness (QED) is 0.332. The number of nitrogens with zero attached hydrogens (tertiary/aromatic N) is 3. The van der Waals surface area contributed by atoms with Crippen molar-refractivity contribution in [1.82, 2.24) is 15.0 Å². The highest BCUT2D eigenvalue weighted by Crippen LogP contribution is 2.33. The van der Waals surface area contributed by atoms with Crippen molar-refractivity contribution in [3.8, 4) is 5.88 Å². The number of nitrogens with one attached hydrogen (secondary N) is 1. The highest BCUT2D eigenvalue weighted by molar-refractivity contribution is 7.92. The van der Waals surface area contributed by atoms with Gasteiger partial charge in [-0.1, -0.05) is 41.9 Å². The minimum absolute atomic E-state index is 0.0275. The van der Waals surface area contributed by atoms with Crippen LogP contribution < -0.4 is 9.46 Å². The number of sulfonamides is 1. The first-order chi connectivity index (χ1) is 16.6. The Morgan fingerprint density at radius 2 is 1.66 bits per heavy atom. The molecule has 0 fully saturated rings. The van der Waals surface area contributed by atoms with Crippen molar-refractivity contribution in [3.05, 3.63) is 83.6 Å². The first kappa shape index (κ1) is 24.7. The van der Waals surface area contributed by atoms with E-state index in [9.17, 15) is 21.6 Å². The number of para-hydroxylation sites is 2. The van der Waals surface area contributed by atoms with Crippen molar-refractivity contribution in [2.24, 2.45) is 0 Å². The molecule has 0 aliphatic rings. The third kappa shape index (κ3) is 5.98. The number of fused-ring (bicyclic) bond motifs is 1. The van der Waals surface area contributed by atoms with Gasteiger partial charge in [-0.05, 0) is 48.7 Å². The first-order valence-electron chi connectivity index (χ1n) is 10.3. The average Bonchev–Trinajstić information content (AvgIpc) is 2.81. The normalized spacial score (nSPS) is 12.9. The summed E-state index contributed by atoms with van der Waals surface area (Å²) in [5.41, 5.74) is 1.08. The lowest BCUT2D eigenvalue weighted by atomic mass is 10.1. The molecule has 4 aromatic rings. The molecule has 12 heteroatoms. The Hall–Kier alpha value is -3.44. The van der Waals surface area contributed by atoms with Crippen LogP contribution in [0.2, 0.25) is 5.02 Å². The summed E-state index contributed by atoms with van der Waals surface area (Å²) in [5, 5.41) is -0.0687. The lowest BCUT2D eigenvalue weighted by Crippen LogP contribution is -2.35. The SMILES string of the molecule is O=S(=O)(Nc1nc2ccccc2nc1OC(CCc1cccnc1)C(F)(F)F)c1ccccc1Cl. The molecule has 2 aromatic heterocycles. The molecule has 1 unspecified atom stereocenters. The fraction of sp³-hybridized carbons (Fsp3) is 0.174. The van der Waals surface area contributed by atoms with Gasteiger partial charge in [0.2, 0.25) is 5.82 Å². The number of hydrogen-bond donors (Lipinski definition) is 1. The van der Waals surface area contributed by atoms with Gasteiger partial charge in [0.15, 0.2) is 6.10 Å². The zero-order chi connectivity index (χ0) is 25.1. The summed E-state index contributed by atoms with van der Waals surface area (Å²) in [4.78, 5) is 11.9. The molecule has 35 heavy (non-hydrogen) atoms. The first-order valence-corrected chi connectivity index (χ1v) is 12.2. The van der Waals surface area contributed by atoms with Crippen LogP contribution in [0.3, 0.4) is 0 Å². The Labute approximate surface area is 204 Å². The molecule has 1 N–H and O–H groups in total. The molecule has 0 radical (unpaired) electrons. The average molecular weight is 523 g/mol. The van der Waals surface area contributed by atoms with Crippen molar-refractivity contribution >= 4 is 38.5 Å². The lowest BCUT2D eigenvalue weighted by molar-refractivity contribution is -0.197. The second-order valence-electron chi connectivity index (χ2n) is 7.45. The van der Waals surface area contributed by atoms with Crippen LogP contribution >= 0.6 is 11.6 Å². The number of benzene rings is 2. The molecule has 0 bridgehead atoms. The van der Waals surface area contributed by atoms with Crippen LogP contribution in [-0.2, 0) is 16.4 Å². The number of aryl methyl sites for hydroxylation is 1. The van der Waals surface area contributed by atoms with E-state index >= 15 is 0 Å². The van der Waals surface area contributed by atoms with E-state index in [4.69, 9.17) is 16.3 Å². The van der Waals surface area contributed by atoms with E-state index in [-0.39, 0.29) is 27.4 Å². The molecular formula is C23H18ClF3N4O3S. The third-order valence-corrected chi connectivity index (χ3v) is 6.77. The van der Waals surface area contributed by atoms with E-state index in [2.05, 4.69) is 19.7 Å². The Kier molecular flexibility index (Phi) is 7.08. The maximum Gasteiger partial charge on any atom is 0.425 e. The Balaban J connectivity index is 1.71. The Morgan fingerprint density at radius 3 is 2.31 bits per heavy atom. The van der Waals surface area contributed by atoms with Crippen LogP contribution in [0.5, 0.6) is 5.88 Å². The predicted molar refractivity (Wildman–Crippen MR) is 125 cm³/mol. The van der Waals surface area contributed by atoms with E-state index in [1.54, 1.807) is 36.4 Å². The summed E-state index contributed by atoms with van der Waals surface area (Å²) in [5.74, 6) is -1.09. The van der Waals surface area contributed by atoms with Gasteiger partial charge in [-0.25, -0.2) is 18.4 Å². The van der Waals surface area contributed by atoms with Gasteiger partial charge in [-0.3, -0.25) is 9.71 Å². The predicted octanol–water partition coefficient (Wildman–Crippen LogP) is 5.42. The number of pyridine rings is 1. The van der Waals surface area contributed by atoms with Gasteiger partial charge in [0, 0.05) is 12.4 Å². The van der Waals surface area contributed by atoms with Gasteiger partial charge in [0.25, 0.3) is 15.9 Å². The summed E-state index contributed by atoms with van der Waals surface area (Å²) >= 11 is 6.01. The summed E-state index contributed by atoms with van der Waals surface area (Å²) in [6, 6.07) is 15.2. The molecule has 2 heterocycles. The number of halogens is 4. The van der Waals surface area contributed by atoms with Gasteiger partial charge in [-0.2, -0.15) is 13.2 Å². The van der Waals surface area contributed by atoms with Crippen LogP contribution in [-0.4, -0.2) is 35.6 Å². The Bertz CT molecular complexity index is 1440. The molecule has 0 aliphatic heterocycles. The monoisotopic (exact) mass is 522 g/mol. The zero-order valence-electron chi connectivity index (χ0n) is 17.9. The second kappa shape index (κ2) is 10.0. The van der Waals surface area contributed by atoms with E-state index in [0.717, 1.165) is 0 Å². The van der Waals surface area contributed by atoms with Crippen LogP contribution in [0.1, 0.15) is 12.0 Å². The standard InChI is InChI=1S/C23H18ClF3N4O3S/c24-16-7-1-4-10-19(16)35(32,33)31-21-22(30-18-9-3-2-8-17(18)29-21)34-20(23(25,26)27)12-11-15-6-5-13-28-14-15/h1-10,13-14,20H,11-12H2,(H,29,31). The van der Waals surface area contributed by atoms with E-state index in [1.807, 2.05) is 0 Å². The molecule has 1 atom stereocenters. The fourth-order valence-electron chi connectivity index (χ4n) is 3.25. The molecule has 0 amide bonds. The second-order valence-corrected chi connectivity index (χ2v) is 9.51. The molecule has 2 aromatic carbocycles. The van der Waals surface area contributed by atoms with E-state index in [1.165, 1.54) is 36.7 Å². The van der Waals surface area contributed by atoms with E-state index < -0.39 is 40.4 Å². The summed E-state index contributed by atoms with van der Waals surface area (Å²) in [6.45, 7) is 0. The number of hydrogen-bond acceptors (Lipinski definition) is 6. The largest absolute Gasteiger partial charge is 0.462 e. The lowest BCUT2D eigenvalue weighted by Gasteiger charge is -2.22. The van der Waals surface area contributed by atoms with Gasteiger partial charge in [0.1, 0.15) is 4.90 Å². The molecule has 7 nitrogen and oxygen atoms in total. The van der Waals surface area contributed by atoms with Crippen LogP contribution in [0.15, 0.2) is 78.0 Å². The number of ether oxygens (including phenoxy) is 1. The van der Waals surface area contributed by atoms with Crippen molar-refractivity contribution < 1.29 is 26.3 Å². The number of alkyl halides is 3. The maximum atomic E-state index is 13.9. The highest BCUT2D eigenvalue weighted by Gasteiger charge is 2.42. The number of aromatic nitrogens is 3.